The van der Waals surface area contributed by atoms with E-state index in [0.29, 0.717) is 12.3 Å². The maximum atomic E-state index is 12.2. The zero-order valence-electron chi connectivity index (χ0n) is 15.5. The summed E-state index contributed by atoms with van der Waals surface area (Å²) in [5, 5.41) is 5.87. The summed E-state index contributed by atoms with van der Waals surface area (Å²) in [6.45, 7) is 8.58. The maximum absolute atomic E-state index is 12.2. The Morgan fingerprint density at radius 2 is 2.00 bits per heavy atom. The topological polar surface area (TPSA) is 74.3 Å². The van der Waals surface area contributed by atoms with Crippen LogP contribution in [0.3, 0.4) is 0 Å². The summed E-state index contributed by atoms with van der Waals surface area (Å²) < 4.78 is 0. The first-order chi connectivity index (χ1) is 12.0. The van der Waals surface area contributed by atoms with Gasteiger partial charge >= 0.3 is 0 Å². The van der Waals surface area contributed by atoms with Crippen LogP contribution in [0, 0.1) is 11.8 Å². The lowest BCUT2D eigenvalue weighted by Gasteiger charge is -2.32. The van der Waals surface area contributed by atoms with E-state index >= 15 is 0 Å². The highest BCUT2D eigenvalue weighted by Gasteiger charge is 2.25. The second kappa shape index (κ2) is 9.39. The predicted octanol–water partition coefficient (Wildman–Crippen LogP) is 2.81. The van der Waals surface area contributed by atoms with Crippen LogP contribution in [0.15, 0.2) is 18.3 Å². The van der Waals surface area contributed by atoms with Gasteiger partial charge in [-0.1, -0.05) is 20.8 Å². The molecule has 0 aromatic carbocycles. The molecule has 1 saturated heterocycles. The van der Waals surface area contributed by atoms with Crippen LogP contribution in [-0.2, 0) is 9.59 Å². The van der Waals surface area contributed by atoms with E-state index in [1.807, 2.05) is 19.1 Å². The Labute approximate surface area is 150 Å². The monoisotopic (exact) mass is 346 g/mol. The average Bonchev–Trinajstić information content (AvgIpc) is 2.60. The number of amides is 2. The first kappa shape index (κ1) is 19.2. The normalized spacial score (nSPS) is 15.3. The number of piperidine rings is 1. The van der Waals surface area contributed by atoms with Crippen molar-refractivity contribution < 1.29 is 9.59 Å². The van der Waals surface area contributed by atoms with Gasteiger partial charge in [0.1, 0.15) is 5.82 Å². The molecule has 1 aromatic heterocycles. The average molecular weight is 346 g/mol. The molecule has 2 rings (SSSR count). The smallest absolute Gasteiger partial charge is 0.224 e. The molecule has 138 valence electrons. The van der Waals surface area contributed by atoms with Crippen molar-refractivity contribution in [2.45, 2.75) is 46.5 Å². The van der Waals surface area contributed by atoms with Gasteiger partial charge in [0.2, 0.25) is 11.8 Å². The maximum Gasteiger partial charge on any atom is 0.224 e. The minimum Gasteiger partial charge on any atom is -0.357 e. The van der Waals surface area contributed by atoms with E-state index in [1.54, 1.807) is 6.20 Å². The third-order valence-electron chi connectivity index (χ3n) is 4.38. The van der Waals surface area contributed by atoms with Gasteiger partial charge in [0, 0.05) is 32.0 Å². The summed E-state index contributed by atoms with van der Waals surface area (Å²) >= 11 is 0. The van der Waals surface area contributed by atoms with Crippen molar-refractivity contribution >= 4 is 23.3 Å². The molecule has 2 heterocycles. The summed E-state index contributed by atoms with van der Waals surface area (Å²) in [6.07, 6.45) is 4.75. The number of aromatic nitrogens is 1. The van der Waals surface area contributed by atoms with Crippen LogP contribution < -0.4 is 15.5 Å². The molecule has 0 spiro atoms. The lowest BCUT2D eigenvalue weighted by Crippen LogP contribution is -2.41. The van der Waals surface area contributed by atoms with Crippen LogP contribution in [0.4, 0.5) is 11.5 Å². The van der Waals surface area contributed by atoms with Gasteiger partial charge in [-0.05, 0) is 37.3 Å². The molecule has 6 heteroatoms. The number of anilines is 2. The zero-order valence-corrected chi connectivity index (χ0v) is 15.5. The van der Waals surface area contributed by atoms with Gasteiger partial charge in [-0.3, -0.25) is 9.59 Å². The minimum absolute atomic E-state index is 0.0188. The molecule has 2 amide bonds. The number of rotatable bonds is 7. The number of nitrogens with one attached hydrogen (secondary N) is 2. The molecule has 0 unspecified atom stereocenters. The first-order valence-electron chi connectivity index (χ1n) is 9.28. The number of nitrogens with zero attached hydrogens (tertiary/aromatic N) is 2. The van der Waals surface area contributed by atoms with Crippen molar-refractivity contribution in [2.75, 3.05) is 29.9 Å². The van der Waals surface area contributed by atoms with Crippen LogP contribution in [0.2, 0.25) is 0 Å². The standard InChI is InChI=1S/C19H30N4O2/c1-4-5-18(24)22-16-6-7-17(20-13-16)23-10-8-15(9-11-23)19(25)21-12-14(2)3/h6-7,13-15H,4-5,8-12H2,1-3H3,(H,21,25)(H,22,24). The molecule has 2 N–H and O–H groups in total. The Bertz CT molecular complexity index is 563. The Morgan fingerprint density at radius 1 is 1.28 bits per heavy atom. The number of pyridine rings is 1. The molecule has 6 nitrogen and oxygen atoms in total. The van der Waals surface area contributed by atoms with Crippen LogP contribution in [-0.4, -0.2) is 36.4 Å². The molecule has 1 aliphatic rings. The molecular formula is C19H30N4O2. The Kier molecular flexibility index (Phi) is 7.22. The van der Waals surface area contributed by atoms with Crippen molar-refractivity contribution in [3.63, 3.8) is 0 Å². The summed E-state index contributed by atoms with van der Waals surface area (Å²) in [4.78, 5) is 30.4. The van der Waals surface area contributed by atoms with E-state index in [2.05, 4.69) is 34.4 Å². The Morgan fingerprint density at radius 3 is 2.56 bits per heavy atom. The number of carbonyl (C=O) groups is 2. The van der Waals surface area contributed by atoms with Crippen LogP contribution in [0.1, 0.15) is 46.5 Å². The van der Waals surface area contributed by atoms with Crippen LogP contribution >= 0.6 is 0 Å². The van der Waals surface area contributed by atoms with Crippen LogP contribution in [0.5, 0.6) is 0 Å². The Hall–Kier alpha value is -2.11. The van der Waals surface area contributed by atoms with Gasteiger partial charge in [0.25, 0.3) is 0 Å². The molecule has 0 radical (unpaired) electrons. The van der Waals surface area contributed by atoms with Crippen molar-refractivity contribution in [3.8, 4) is 0 Å². The largest absolute Gasteiger partial charge is 0.357 e. The summed E-state index contributed by atoms with van der Waals surface area (Å²) in [6, 6.07) is 3.82. The highest BCUT2D eigenvalue weighted by molar-refractivity contribution is 5.90. The van der Waals surface area contributed by atoms with Crippen LogP contribution in [0.25, 0.3) is 0 Å². The molecule has 0 aliphatic carbocycles. The van der Waals surface area contributed by atoms with E-state index in [9.17, 15) is 9.59 Å². The van der Waals surface area contributed by atoms with Gasteiger partial charge < -0.3 is 15.5 Å². The van der Waals surface area contributed by atoms with Gasteiger partial charge in [-0.2, -0.15) is 0 Å². The van der Waals surface area contributed by atoms with Gasteiger partial charge in [-0.15, -0.1) is 0 Å². The second-order valence-corrected chi connectivity index (χ2v) is 7.10. The number of hydrogen-bond donors (Lipinski definition) is 2. The molecule has 1 aliphatic heterocycles. The number of hydrogen-bond acceptors (Lipinski definition) is 4. The predicted molar refractivity (Wildman–Crippen MR) is 101 cm³/mol. The van der Waals surface area contributed by atoms with Crippen molar-refractivity contribution in [3.05, 3.63) is 18.3 Å². The van der Waals surface area contributed by atoms with E-state index in [1.165, 1.54) is 0 Å². The molecule has 1 aromatic rings. The summed E-state index contributed by atoms with van der Waals surface area (Å²) in [7, 11) is 0. The van der Waals surface area contributed by atoms with E-state index < -0.39 is 0 Å². The lowest BCUT2D eigenvalue weighted by atomic mass is 9.95. The van der Waals surface area contributed by atoms with Crippen molar-refractivity contribution in [1.82, 2.24) is 10.3 Å². The van der Waals surface area contributed by atoms with E-state index in [-0.39, 0.29) is 17.7 Å². The number of carbonyl (C=O) groups excluding carboxylic acids is 2. The van der Waals surface area contributed by atoms with Gasteiger partial charge in [0.05, 0.1) is 11.9 Å². The first-order valence-corrected chi connectivity index (χ1v) is 9.28. The highest BCUT2D eigenvalue weighted by Crippen LogP contribution is 2.23. The summed E-state index contributed by atoms with van der Waals surface area (Å²) in [5.41, 5.74) is 0.727. The third-order valence-corrected chi connectivity index (χ3v) is 4.38. The molecule has 25 heavy (non-hydrogen) atoms. The SMILES string of the molecule is CCCC(=O)Nc1ccc(N2CCC(C(=O)NCC(C)C)CC2)nc1. The third kappa shape index (κ3) is 6.03. The molecular weight excluding hydrogens is 316 g/mol. The quantitative estimate of drug-likeness (QED) is 0.796. The fourth-order valence-corrected chi connectivity index (χ4v) is 2.92. The molecule has 0 atom stereocenters. The molecule has 0 saturated carbocycles. The molecule has 0 bridgehead atoms. The summed E-state index contributed by atoms with van der Waals surface area (Å²) in [5.74, 6) is 1.67. The van der Waals surface area contributed by atoms with Gasteiger partial charge in [0.15, 0.2) is 0 Å². The van der Waals surface area contributed by atoms with Crippen molar-refractivity contribution in [2.24, 2.45) is 11.8 Å². The van der Waals surface area contributed by atoms with Gasteiger partial charge in [-0.25, -0.2) is 4.98 Å². The fraction of sp³-hybridized carbons (Fsp3) is 0.632. The second-order valence-electron chi connectivity index (χ2n) is 7.10. The fourth-order valence-electron chi connectivity index (χ4n) is 2.92. The Balaban J connectivity index is 1.82. The van der Waals surface area contributed by atoms with Crippen molar-refractivity contribution in [1.29, 1.82) is 0 Å². The lowest BCUT2D eigenvalue weighted by molar-refractivity contribution is -0.125. The van der Waals surface area contributed by atoms with E-state index in [4.69, 9.17) is 0 Å². The molecule has 1 fully saturated rings. The zero-order chi connectivity index (χ0) is 18.2. The highest BCUT2D eigenvalue weighted by atomic mass is 16.2. The minimum atomic E-state index is 0.0188. The van der Waals surface area contributed by atoms with E-state index in [0.717, 1.165) is 50.4 Å².